The first-order chi connectivity index (χ1) is 15.2. The highest BCUT2D eigenvalue weighted by Gasteiger charge is 2.45. The lowest BCUT2D eigenvalue weighted by Crippen LogP contribution is -2.48. The maximum atomic E-state index is 12.1. The van der Waals surface area contributed by atoms with Crippen LogP contribution in [0.2, 0.25) is 0 Å². The fourth-order valence-corrected chi connectivity index (χ4v) is 4.82. The summed E-state index contributed by atoms with van der Waals surface area (Å²) in [4.78, 5) is 34.4. The van der Waals surface area contributed by atoms with Crippen molar-refractivity contribution in [3.05, 3.63) is 55.1 Å². The van der Waals surface area contributed by atoms with Crippen LogP contribution in [-0.2, 0) is 4.79 Å². The summed E-state index contributed by atoms with van der Waals surface area (Å²) >= 11 is 0. The van der Waals surface area contributed by atoms with Crippen molar-refractivity contribution in [3.63, 3.8) is 0 Å². The normalized spacial score (nSPS) is 22.2. The average molecular weight is 413 g/mol. The van der Waals surface area contributed by atoms with E-state index in [0.717, 1.165) is 35.5 Å². The molecule has 1 N–H and O–H groups in total. The molecule has 3 fully saturated rings. The smallest absolute Gasteiger partial charge is 0.246 e. The number of hydrogen-bond acceptors (Lipinski definition) is 7. The van der Waals surface area contributed by atoms with E-state index < -0.39 is 0 Å². The van der Waals surface area contributed by atoms with Gasteiger partial charge in [0.1, 0.15) is 17.7 Å². The summed E-state index contributed by atoms with van der Waals surface area (Å²) in [7, 11) is 0. The lowest BCUT2D eigenvalue weighted by atomic mass is 10.2. The number of piperazine rings is 1. The Morgan fingerprint density at radius 1 is 1.16 bits per heavy atom. The molecule has 0 aromatic carbocycles. The van der Waals surface area contributed by atoms with E-state index in [-0.39, 0.29) is 18.0 Å². The molecule has 31 heavy (non-hydrogen) atoms. The van der Waals surface area contributed by atoms with Crippen molar-refractivity contribution in [3.8, 4) is 0 Å². The molecule has 3 aliphatic rings. The standard InChI is InChI=1S/C23H23N7O/c1-2-21(31)30-12-17-8-18(30)11-29(17)20-6-5-19-22(28-20)23(26-13-25-19)27-16-7-15(9-24-10-16)14-3-4-14/h2,5-7,9-10,13-14,17-18H,1,3-4,8,11-12H2,(H,25,26,27)/t17-,18-/m0/s1. The van der Waals surface area contributed by atoms with Crippen molar-refractivity contribution in [1.82, 2.24) is 24.8 Å². The molecule has 156 valence electrons. The van der Waals surface area contributed by atoms with Crippen molar-refractivity contribution >= 4 is 34.3 Å². The van der Waals surface area contributed by atoms with Crippen molar-refractivity contribution in [2.24, 2.45) is 0 Å². The summed E-state index contributed by atoms with van der Waals surface area (Å²) in [6.07, 6.45) is 10.2. The van der Waals surface area contributed by atoms with Gasteiger partial charge < -0.3 is 15.1 Å². The molecule has 2 saturated heterocycles. The SMILES string of the molecule is C=CC(=O)N1C[C@@H]2C[C@H]1CN2c1ccc2ncnc(Nc3cncc(C4CC4)c3)c2n1. The fraction of sp³-hybridized carbons (Fsp3) is 0.348. The van der Waals surface area contributed by atoms with E-state index in [4.69, 9.17) is 4.98 Å². The number of fused-ring (bicyclic) bond motifs is 3. The number of hydrogen-bond donors (Lipinski definition) is 1. The van der Waals surface area contributed by atoms with Crippen LogP contribution >= 0.6 is 0 Å². The number of carbonyl (C=O) groups is 1. The van der Waals surface area contributed by atoms with Crippen LogP contribution in [0.4, 0.5) is 17.3 Å². The summed E-state index contributed by atoms with van der Waals surface area (Å²) in [5.74, 6) is 2.22. The minimum absolute atomic E-state index is 0.0144. The van der Waals surface area contributed by atoms with Crippen LogP contribution in [0, 0.1) is 0 Å². The molecule has 2 aliphatic heterocycles. The molecule has 3 aromatic heterocycles. The van der Waals surface area contributed by atoms with Crippen molar-refractivity contribution in [2.45, 2.75) is 37.3 Å². The maximum absolute atomic E-state index is 12.1. The van der Waals surface area contributed by atoms with Gasteiger partial charge in [0.05, 0.1) is 29.5 Å². The molecular weight excluding hydrogens is 390 g/mol. The van der Waals surface area contributed by atoms with E-state index in [2.05, 4.69) is 37.8 Å². The van der Waals surface area contributed by atoms with Gasteiger partial charge in [0.2, 0.25) is 5.91 Å². The molecule has 1 amide bonds. The predicted molar refractivity (Wildman–Crippen MR) is 118 cm³/mol. The minimum atomic E-state index is 0.0144. The van der Waals surface area contributed by atoms with Gasteiger partial charge in [-0.15, -0.1) is 0 Å². The second-order valence-electron chi connectivity index (χ2n) is 8.56. The Hall–Kier alpha value is -3.55. The number of aromatic nitrogens is 4. The van der Waals surface area contributed by atoms with Gasteiger partial charge >= 0.3 is 0 Å². The van der Waals surface area contributed by atoms with Crippen LogP contribution in [0.3, 0.4) is 0 Å². The molecule has 8 heteroatoms. The highest BCUT2D eigenvalue weighted by atomic mass is 16.2. The summed E-state index contributed by atoms with van der Waals surface area (Å²) < 4.78 is 0. The number of pyridine rings is 2. The number of amides is 1. The number of carbonyl (C=O) groups excluding carboxylic acids is 1. The Morgan fingerprint density at radius 3 is 2.84 bits per heavy atom. The average Bonchev–Trinajstić information content (AvgIpc) is 3.47. The third-order valence-corrected chi connectivity index (χ3v) is 6.53. The summed E-state index contributed by atoms with van der Waals surface area (Å²) in [6, 6.07) is 6.64. The van der Waals surface area contributed by atoms with Gasteiger partial charge in [-0.05, 0) is 55.0 Å². The van der Waals surface area contributed by atoms with Crippen LogP contribution in [0.25, 0.3) is 11.0 Å². The molecule has 2 bridgehead atoms. The zero-order valence-electron chi connectivity index (χ0n) is 17.1. The molecule has 5 heterocycles. The van der Waals surface area contributed by atoms with Crippen molar-refractivity contribution in [1.29, 1.82) is 0 Å². The first-order valence-electron chi connectivity index (χ1n) is 10.7. The number of anilines is 3. The van der Waals surface area contributed by atoms with E-state index in [1.165, 1.54) is 24.5 Å². The Bertz CT molecular complexity index is 1190. The largest absolute Gasteiger partial charge is 0.350 e. The Kier molecular flexibility index (Phi) is 4.12. The number of likely N-dealkylation sites (tertiary alicyclic amines) is 1. The van der Waals surface area contributed by atoms with Crippen molar-refractivity contribution in [2.75, 3.05) is 23.3 Å². The second-order valence-corrected chi connectivity index (χ2v) is 8.56. The van der Waals surface area contributed by atoms with Gasteiger partial charge in [0.25, 0.3) is 0 Å². The van der Waals surface area contributed by atoms with Gasteiger partial charge in [-0.3, -0.25) is 9.78 Å². The molecule has 2 atom stereocenters. The summed E-state index contributed by atoms with van der Waals surface area (Å²) in [6.45, 7) is 5.12. The summed E-state index contributed by atoms with van der Waals surface area (Å²) in [5, 5.41) is 3.39. The Balaban J connectivity index is 1.29. The van der Waals surface area contributed by atoms with Gasteiger partial charge in [0, 0.05) is 19.3 Å². The van der Waals surface area contributed by atoms with Gasteiger partial charge in [0.15, 0.2) is 5.82 Å². The van der Waals surface area contributed by atoms with Crippen LogP contribution in [0.1, 0.15) is 30.7 Å². The van der Waals surface area contributed by atoms with Gasteiger partial charge in [-0.2, -0.15) is 0 Å². The zero-order chi connectivity index (χ0) is 20.9. The topological polar surface area (TPSA) is 87.1 Å². The molecule has 1 aliphatic carbocycles. The highest BCUT2D eigenvalue weighted by molar-refractivity contribution is 5.89. The maximum Gasteiger partial charge on any atom is 0.246 e. The third-order valence-electron chi connectivity index (χ3n) is 6.53. The molecule has 0 spiro atoms. The number of rotatable bonds is 5. The molecule has 6 rings (SSSR count). The second kappa shape index (κ2) is 7.01. The van der Waals surface area contributed by atoms with E-state index in [1.54, 1.807) is 6.33 Å². The monoisotopic (exact) mass is 413 g/mol. The van der Waals surface area contributed by atoms with Crippen LogP contribution in [0.5, 0.6) is 0 Å². The van der Waals surface area contributed by atoms with Gasteiger partial charge in [-0.1, -0.05) is 6.58 Å². The van der Waals surface area contributed by atoms with E-state index >= 15 is 0 Å². The first kappa shape index (κ1) is 18.2. The number of nitrogens with zero attached hydrogens (tertiary/aromatic N) is 6. The first-order valence-corrected chi connectivity index (χ1v) is 10.7. The predicted octanol–water partition coefficient (Wildman–Crippen LogP) is 3.02. The lowest BCUT2D eigenvalue weighted by Gasteiger charge is -2.34. The highest BCUT2D eigenvalue weighted by Crippen LogP contribution is 2.40. The molecular formula is C23H23N7O. The van der Waals surface area contributed by atoms with Crippen molar-refractivity contribution < 1.29 is 4.79 Å². The molecule has 8 nitrogen and oxygen atoms in total. The fourth-order valence-electron chi connectivity index (χ4n) is 4.82. The number of nitrogens with one attached hydrogen (secondary N) is 1. The summed E-state index contributed by atoms with van der Waals surface area (Å²) in [5.41, 5.74) is 3.71. The molecule has 1 saturated carbocycles. The van der Waals surface area contributed by atoms with Crippen LogP contribution < -0.4 is 10.2 Å². The van der Waals surface area contributed by atoms with Crippen LogP contribution in [-0.4, -0.2) is 55.9 Å². The molecule has 0 unspecified atom stereocenters. The zero-order valence-corrected chi connectivity index (χ0v) is 17.1. The minimum Gasteiger partial charge on any atom is -0.350 e. The molecule has 0 radical (unpaired) electrons. The Labute approximate surface area is 180 Å². The lowest BCUT2D eigenvalue weighted by molar-refractivity contribution is -0.127. The molecule has 3 aromatic rings. The Morgan fingerprint density at radius 2 is 2.06 bits per heavy atom. The van der Waals surface area contributed by atoms with E-state index in [1.807, 2.05) is 29.4 Å². The van der Waals surface area contributed by atoms with E-state index in [0.29, 0.717) is 18.3 Å². The van der Waals surface area contributed by atoms with E-state index in [9.17, 15) is 4.79 Å². The quantitative estimate of drug-likeness (QED) is 0.644. The third kappa shape index (κ3) is 3.19. The van der Waals surface area contributed by atoms with Gasteiger partial charge in [-0.25, -0.2) is 15.0 Å². The van der Waals surface area contributed by atoms with Crippen LogP contribution in [0.15, 0.2) is 49.6 Å².